The van der Waals surface area contributed by atoms with Gasteiger partial charge in [0.1, 0.15) is 0 Å². The SMILES string of the molecule is Cc1ncc(N)cc1C(=O)N(C)C(C)CC(C)C. The minimum absolute atomic E-state index is 0.0135. The molecule has 0 aliphatic heterocycles. The molecule has 0 bridgehead atoms. The van der Waals surface area contributed by atoms with Crippen LogP contribution in [0, 0.1) is 12.8 Å². The van der Waals surface area contributed by atoms with Crippen molar-refractivity contribution in [3.05, 3.63) is 23.5 Å². The van der Waals surface area contributed by atoms with Crippen LogP contribution in [-0.2, 0) is 0 Å². The maximum atomic E-state index is 12.4. The molecule has 0 fully saturated rings. The first kappa shape index (κ1) is 14.5. The minimum Gasteiger partial charge on any atom is -0.397 e. The Morgan fingerprint density at radius 3 is 2.61 bits per heavy atom. The van der Waals surface area contributed by atoms with E-state index in [-0.39, 0.29) is 11.9 Å². The Labute approximate surface area is 109 Å². The molecule has 4 heteroatoms. The molecule has 1 atom stereocenters. The summed E-state index contributed by atoms with van der Waals surface area (Å²) in [5.74, 6) is 0.552. The number of amides is 1. The fraction of sp³-hybridized carbons (Fsp3) is 0.571. The topological polar surface area (TPSA) is 59.2 Å². The summed E-state index contributed by atoms with van der Waals surface area (Å²) >= 11 is 0. The second kappa shape index (κ2) is 5.85. The number of hydrogen-bond donors (Lipinski definition) is 1. The zero-order valence-corrected chi connectivity index (χ0v) is 11.9. The zero-order valence-electron chi connectivity index (χ0n) is 11.9. The van der Waals surface area contributed by atoms with E-state index in [4.69, 9.17) is 5.73 Å². The zero-order chi connectivity index (χ0) is 13.9. The first-order chi connectivity index (χ1) is 8.32. The van der Waals surface area contributed by atoms with Gasteiger partial charge in [-0.1, -0.05) is 13.8 Å². The van der Waals surface area contributed by atoms with Gasteiger partial charge in [-0.25, -0.2) is 0 Å². The van der Waals surface area contributed by atoms with E-state index >= 15 is 0 Å². The van der Waals surface area contributed by atoms with Gasteiger partial charge in [-0.2, -0.15) is 0 Å². The first-order valence-electron chi connectivity index (χ1n) is 6.32. The van der Waals surface area contributed by atoms with Crippen molar-refractivity contribution in [2.24, 2.45) is 5.92 Å². The number of nitrogens with zero attached hydrogens (tertiary/aromatic N) is 2. The summed E-state index contributed by atoms with van der Waals surface area (Å²) in [6, 6.07) is 1.90. The molecule has 4 nitrogen and oxygen atoms in total. The molecule has 0 aliphatic rings. The molecule has 0 radical (unpaired) electrons. The molecule has 1 aromatic heterocycles. The third-order valence-electron chi connectivity index (χ3n) is 3.13. The van der Waals surface area contributed by atoms with Gasteiger partial charge in [0.15, 0.2) is 0 Å². The Kier molecular flexibility index (Phi) is 4.70. The van der Waals surface area contributed by atoms with Crippen molar-refractivity contribution in [3.63, 3.8) is 0 Å². The number of rotatable bonds is 4. The fourth-order valence-corrected chi connectivity index (χ4v) is 2.00. The summed E-state index contributed by atoms with van der Waals surface area (Å²) in [6.45, 7) is 8.20. The molecular weight excluding hydrogens is 226 g/mol. The lowest BCUT2D eigenvalue weighted by molar-refractivity contribution is 0.0727. The van der Waals surface area contributed by atoms with Gasteiger partial charge in [-0.05, 0) is 32.3 Å². The predicted molar refractivity (Wildman–Crippen MR) is 74.4 cm³/mol. The predicted octanol–water partition coefficient (Wildman–Crippen LogP) is 2.48. The molecule has 0 saturated carbocycles. The van der Waals surface area contributed by atoms with Crippen LogP contribution < -0.4 is 5.73 Å². The van der Waals surface area contributed by atoms with Crippen molar-refractivity contribution >= 4 is 11.6 Å². The third-order valence-corrected chi connectivity index (χ3v) is 3.13. The summed E-state index contributed by atoms with van der Waals surface area (Å²) in [4.78, 5) is 18.3. The molecule has 0 aromatic carbocycles. The van der Waals surface area contributed by atoms with Gasteiger partial charge in [0.25, 0.3) is 5.91 Å². The Balaban J connectivity index is 2.89. The van der Waals surface area contributed by atoms with Crippen molar-refractivity contribution in [1.82, 2.24) is 9.88 Å². The molecule has 2 N–H and O–H groups in total. The Hall–Kier alpha value is -1.58. The number of pyridine rings is 1. The van der Waals surface area contributed by atoms with E-state index in [1.165, 1.54) is 0 Å². The summed E-state index contributed by atoms with van der Waals surface area (Å²) in [5.41, 5.74) is 7.52. The summed E-state index contributed by atoms with van der Waals surface area (Å²) in [6.07, 6.45) is 2.56. The average molecular weight is 249 g/mol. The lowest BCUT2D eigenvalue weighted by Gasteiger charge is -2.26. The minimum atomic E-state index is -0.0135. The average Bonchev–Trinajstić information content (AvgIpc) is 2.29. The van der Waals surface area contributed by atoms with E-state index in [1.54, 1.807) is 17.2 Å². The molecule has 0 spiro atoms. The summed E-state index contributed by atoms with van der Waals surface area (Å²) in [7, 11) is 1.83. The molecule has 1 amide bonds. The van der Waals surface area contributed by atoms with Crippen molar-refractivity contribution in [1.29, 1.82) is 0 Å². The van der Waals surface area contributed by atoms with Gasteiger partial charge in [0, 0.05) is 13.1 Å². The molecule has 0 aliphatic carbocycles. The van der Waals surface area contributed by atoms with Gasteiger partial charge < -0.3 is 10.6 Å². The standard InChI is InChI=1S/C14H23N3O/c1-9(2)6-10(3)17(5)14(18)13-7-12(15)8-16-11(13)4/h7-10H,6,15H2,1-5H3. The highest BCUT2D eigenvalue weighted by Crippen LogP contribution is 2.16. The smallest absolute Gasteiger partial charge is 0.255 e. The highest BCUT2D eigenvalue weighted by molar-refractivity contribution is 5.96. The van der Waals surface area contributed by atoms with Crippen LogP contribution in [0.1, 0.15) is 43.2 Å². The van der Waals surface area contributed by atoms with Crippen molar-refractivity contribution in [2.45, 2.75) is 40.2 Å². The van der Waals surface area contributed by atoms with Crippen LogP contribution >= 0.6 is 0 Å². The quantitative estimate of drug-likeness (QED) is 0.891. The van der Waals surface area contributed by atoms with Gasteiger partial charge >= 0.3 is 0 Å². The van der Waals surface area contributed by atoms with E-state index < -0.39 is 0 Å². The Morgan fingerprint density at radius 2 is 2.06 bits per heavy atom. The highest BCUT2D eigenvalue weighted by Gasteiger charge is 2.20. The number of aromatic nitrogens is 1. The summed E-state index contributed by atoms with van der Waals surface area (Å²) in [5, 5.41) is 0. The van der Waals surface area contributed by atoms with E-state index in [9.17, 15) is 4.79 Å². The lowest BCUT2D eigenvalue weighted by atomic mass is 10.0. The van der Waals surface area contributed by atoms with Crippen LogP contribution in [0.25, 0.3) is 0 Å². The van der Waals surface area contributed by atoms with E-state index in [1.807, 2.05) is 14.0 Å². The largest absolute Gasteiger partial charge is 0.397 e. The maximum absolute atomic E-state index is 12.4. The number of hydrogen-bond acceptors (Lipinski definition) is 3. The molecule has 100 valence electrons. The van der Waals surface area contributed by atoms with Crippen molar-refractivity contribution in [2.75, 3.05) is 12.8 Å². The van der Waals surface area contributed by atoms with E-state index in [0.717, 1.165) is 12.1 Å². The number of nitrogens with two attached hydrogens (primary N) is 1. The van der Waals surface area contributed by atoms with Crippen LogP contribution in [0.2, 0.25) is 0 Å². The van der Waals surface area contributed by atoms with E-state index in [2.05, 4.69) is 25.8 Å². The number of carbonyl (C=O) groups excluding carboxylic acids is 1. The second-order valence-corrected chi connectivity index (χ2v) is 5.30. The summed E-state index contributed by atoms with van der Waals surface area (Å²) < 4.78 is 0. The van der Waals surface area contributed by atoms with Crippen LogP contribution in [-0.4, -0.2) is 28.9 Å². The number of carbonyl (C=O) groups is 1. The molecule has 1 rings (SSSR count). The second-order valence-electron chi connectivity index (χ2n) is 5.30. The molecule has 18 heavy (non-hydrogen) atoms. The molecule has 1 unspecified atom stereocenters. The number of aryl methyl sites for hydroxylation is 1. The molecule has 1 aromatic rings. The van der Waals surface area contributed by atoms with Crippen LogP contribution in [0.5, 0.6) is 0 Å². The van der Waals surface area contributed by atoms with Gasteiger partial charge in [0.2, 0.25) is 0 Å². The van der Waals surface area contributed by atoms with Crippen LogP contribution in [0.3, 0.4) is 0 Å². The van der Waals surface area contributed by atoms with Crippen molar-refractivity contribution < 1.29 is 4.79 Å². The molecular formula is C14H23N3O. The lowest BCUT2D eigenvalue weighted by Crippen LogP contribution is -2.36. The maximum Gasteiger partial charge on any atom is 0.255 e. The molecule has 1 heterocycles. The van der Waals surface area contributed by atoms with Gasteiger partial charge in [-0.15, -0.1) is 0 Å². The number of nitrogen functional groups attached to an aromatic ring is 1. The normalized spacial score (nSPS) is 12.6. The Bertz CT molecular complexity index is 429. The highest BCUT2D eigenvalue weighted by atomic mass is 16.2. The van der Waals surface area contributed by atoms with Gasteiger partial charge in [-0.3, -0.25) is 9.78 Å². The van der Waals surface area contributed by atoms with Crippen LogP contribution in [0.4, 0.5) is 5.69 Å². The molecule has 0 saturated heterocycles. The monoisotopic (exact) mass is 249 g/mol. The fourth-order valence-electron chi connectivity index (χ4n) is 2.00. The van der Waals surface area contributed by atoms with E-state index in [0.29, 0.717) is 17.2 Å². The first-order valence-corrected chi connectivity index (χ1v) is 6.32. The third kappa shape index (κ3) is 3.45. The Morgan fingerprint density at radius 1 is 1.44 bits per heavy atom. The number of anilines is 1. The van der Waals surface area contributed by atoms with Crippen molar-refractivity contribution in [3.8, 4) is 0 Å². The van der Waals surface area contributed by atoms with Gasteiger partial charge in [0.05, 0.1) is 23.1 Å². The van der Waals surface area contributed by atoms with Crippen LogP contribution in [0.15, 0.2) is 12.3 Å².